The van der Waals surface area contributed by atoms with E-state index >= 15 is 0 Å². The molecule has 0 spiro atoms. The molecule has 0 aromatic heterocycles. The highest BCUT2D eigenvalue weighted by Gasteiger charge is 2.17. The monoisotopic (exact) mass is 381 g/mol. The molecule has 0 fully saturated rings. The number of carbonyl (C=O) groups is 2. The highest BCUT2D eigenvalue weighted by Crippen LogP contribution is 2.24. The quantitative estimate of drug-likeness (QED) is 0.767. The van der Waals surface area contributed by atoms with Gasteiger partial charge in [0.1, 0.15) is 5.75 Å². The Labute approximate surface area is 141 Å². The van der Waals surface area contributed by atoms with Crippen LogP contribution in [-0.4, -0.2) is 43.3 Å². The van der Waals surface area contributed by atoms with Crippen LogP contribution >= 0.6 is 15.9 Å². The first kappa shape index (κ1) is 17.2. The van der Waals surface area contributed by atoms with Crippen LogP contribution in [0.2, 0.25) is 0 Å². The zero-order chi connectivity index (χ0) is 16.8. The first-order valence-electron chi connectivity index (χ1n) is 6.84. The Morgan fingerprint density at radius 2 is 1.91 bits per heavy atom. The molecule has 0 saturated heterocycles. The summed E-state index contributed by atoms with van der Waals surface area (Å²) in [4.78, 5) is 22.4. The van der Waals surface area contributed by atoms with E-state index in [1.807, 2.05) is 30.3 Å². The van der Waals surface area contributed by atoms with Crippen LogP contribution in [0.3, 0.4) is 0 Å². The number of aliphatic carboxylic acids is 1. The summed E-state index contributed by atoms with van der Waals surface area (Å²) in [6.45, 7) is -0.308. The van der Waals surface area contributed by atoms with Crippen LogP contribution < -0.4 is 10.1 Å². The Bertz CT molecular complexity index is 719. The molecule has 1 unspecified atom stereocenters. The van der Waals surface area contributed by atoms with Crippen LogP contribution in [0.1, 0.15) is 0 Å². The fourth-order valence-electron chi connectivity index (χ4n) is 1.96. The van der Waals surface area contributed by atoms with Crippen molar-refractivity contribution in [3.05, 3.63) is 40.9 Å². The second-order valence-corrected chi connectivity index (χ2v) is 5.72. The number of hydrogen-bond donors (Lipinski definition) is 2. The van der Waals surface area contributed by atoms with Crippen LogP contribution in [0.5, 0.6) is 5.75 Å². The normalized spacial score (nSPS) is 11.9. The van der Waals surface area contributed by atoms with Crippen molar-refractivity contribution in [1.82, 2.24) is 5.32 Å². The van der Waals surface area contributed by atoms with Crippen molar-refractivity contribution in [3.63, 3.8) is 0 Å². The molecule has 122 valence electrons. The van der Waals surface area contributed by atoms with Gasteiger partial charge in [0.25, 0.3) is 5.91 Å². The predicted octanol–water partition coefficient (Wildman–Crippen LogP) is 2.20. The van der Waals surface area contributed by atoms with Gasteiger partial charge < -0.3 is 19.9 Å². The number of carbonyl (C=O) groups excluding carboxylic acids is 1. The summed E-state index contributed by atoms with van der Waals surface area (Å²) >= 11 is 3.41. The molecule has 1 amide bonds. The van der Waals surface area contributed by atoms with Crippen LogP contribution in [-0.2, 0) is 14.3 Å². The smallest absolute Gasteiger partial charge is 0.334 e. The lowest BCUT2D eigenvalue weighted by Crippen LogP contribution is -2.39. The maximum atomic E-state index is 11.7. The van der Waals surface area contributed by atoms with Gasteiger partial charge in [-0.1, -0.05) is 28.1 Å². The average molecular weight is 382 g/mol. The molecule has 0 aliphatic heterocycles. The van der Waals surface area contributed by atoms with E-state index in [2.05, 4.69) is 21.2 Å². The first-order valence-corrected chi connectivity index (χ1v) is 7.63. The van der Waals surface area contributed by atoms with E-state index in [-0.39, 0.29) is 13.2 Å². The van der Waals surface area contributed by atoms with Crippen LogP contribution in [0.15, 0.2) is 40.9 Å². The molecule has 2 N–H and O–H groups in total. The third kappa shape index (κ3) is 4.94. The Hall–Kier alpha value is -2.12. The van der Waals surface area contributed by atoms with Gasteiger partial charge in [-0.25, -0.2) is 4.79 Å². The molecule has 2 aromatic rings. The van der Waals surface area contributed by atoms with E-state index in [1.54, 1.807) is 6.07 Å². The van der Waals surface area contributed by atoms with E-state index in [9.17, 15) is 9.59 Å². The Balaban J connectivity index is 1.89. The van der Waals surface area contributed by atoms with Crippen molar-refractivity contribution in [2.45, 2.75) is 6.10 Å². The van der Waals surface area contributed by atoms with Crippen molar-refractivity contribution in [2.75, 3.05) is 20.3 Å². The van der Waals surface area contributed by atoms with E-state index in [0.29, 0.717) is 5.75 Å². The maximum Gasteiger partial charge on any atom is 0.334 e. The van der Waals surface area contributed by atoms with Gasteiger partial charge in [-0.3, -0.25) is 4.79 Å². The molecule has 0 aliphatic rings. The molecule has 0 bridgehead atoms. The average Bonchev–Trinajstić information content (AvgIpc) is 2.53. The fraction of sp³-hybridized carbons (Fsp3) is 0.250. The number of fused-ring (bicyclic) bond motifs is 1. The van der Waals surface area contributed by atoms with E-state index in [4.69, 9.17) is 14.6 Å². The third-order valence-electron chi connectivity index (χ3n) is 3.19. The molecule has 0 saturated carbocycles. The topological polar surface area (TPSA) is 84.9 Å². The summed E-state index contributed by atoms with van der Waals surface area (Å²) < 4.78 is 11.1. The molecule has 0 aliphatic carbocycles. The van der Waals surface area contributed by atoms with Gasteiger partial charge in [0.2, 0.25) is 0 Å². The van der Waals surface area contributed by atoms with Gasteiger partial charge in [-0.15, -0.1) is 0 Å². The largest absolute Gasteiger partial charge is 0.484 e. The minimum absolute atomic E-state index is 0.111. The lowest BCUT2D eigenvalue weighted by molar-refractivity contribution is -0.148. The van der Waals surface area contributed by atoms with Gasteiger partial charge in [0.15, 0.2) is 12.7 Å². The summed E-state index contributed by atoms with van der Waals surface area (Å²) in [5.74, 6) is -0.977. The minimum atomic E-state index is -1.13. The molecule has 23 heavy (non-hydrogen) atoms. The lowest BCUT2D eigenvalue weighted by atomic mass is 10.1. The number of benzene rings is 2. The van der Waals surface area contributed by atoms with Gasteiger partial charge in [0, 0.05) is 11.6 Å². The van der Waals surface area contributed by atoms with Crippen molar-refractivity contribution in [2.24, 2.45) is 0 Å². The van der Waals surface area contributed by atoms with E-state index < -0.39 is 18.0 Å². The molecular formula is C16H16BrNO5. The Kier molecular flexibility index (Phi) is 5.95. The molecule has 1 atom stereocenters. The van der Waals surface area contributed by atoms with Crippen LogP contribution in [0, 0.1) is 0 Å². The summed E-state index contributed by atoms with van der Waals surface area (Å²) in [6, 6.07) is 11.4. The van der Waals surface area contributed by atoms with Crippen molar-refractivity contribution >= 4 is 38.6 Å². The first-order chi connectivity index (χ1) is 11.0. The Morgan fingerprint density at radius 1 is 1.22 bits per heavy atom. The summed E-state index contributed by atoms with van der Waals surface area (Å²) in [5.41, 5.74) is 0. The highest BCUT2D eigenvalue weighted by atomic mass is 79.9. The predicted molar refractivity (Wildman–Crippen MR) is 88.6 cm³/mol. The van der Waals surface area contributed by atoms with Crippen molar-refractivity contribution in [1.29, 1.82) is 0 Å². The number of hydrogen-bond acceptors (Lipinski definition) is 4. The molecule has 0 heterocycles. The number of amides is 1. The van der Waals surface area contributed by atoms with Crippen molar-refractivity contribution in [3.8, 4) is 5.75 Å². The number of carboxylic acid groups (broad SMARTS) is 1. The number of rotatable bonds is 7. The maximum absolute atomic E-state index is 11.7. The summed E-state index contributed by atoms with van der Waals surface area (Å²) in [6.07, 6.45) is -1.07. The highest BCUT2D eigenvalue weighted by molar-refractivity contribution is 9.10. The minimum Gasteiger partial charge on any atom is -0.484 e. The molecule has 7 heteroatoms. The van der Waals surface area contributed by atoms with Crippen LogP contribution in [0.4, 0.5) is 0 Å². The molecule has 6 nitrogen and oxygen atoms in total. The molecule has 0 radical (unpaired) electrons. The lowest BCUT2D eigenvalue weighted by Gasteiger charge is -2.12. The number of halogens is 1. The molecular weight excluding hydrogens is 366 g/mol. The fourth-order valence-corrected chi connectivity index (χ4v) is 2.34. The SMILES string of the molecule is COC(CNC(=O)COc1ccc2cc(Br)ccc2c1)C(=O)O. The third-order valence-corrected chi connectivity index (χ3v) is 3.68. The van der Waals surface area contributed by atoms with Gasteiger partial charge in [-0.05, 0) is 35.0 Å². The van der Waals surface area contributed by atoms with E-state index in [0.717, 1.165) is 15.2 Å². The van der Waals surface area contributed by atoms with Gasteiger partial charge in [-0.2, -0.15) is 0 Å². The second kappa shape index (κ2) is 7.94. The zero-order valence-electron chi connectivity index (χ0n) is 12.4. The van der Waals surface area contributed by atoms with Gasteiger partial charge >= 0.3 is 5.97 Å². The van der Waals surface area contributed by atoms with Crippen LogP contribution in [0.25, 0.3) is 10.8 Å². The number of methoxy groups -OCH3 is 1. The second-order valence-electron chi connectivity index (χ2n) is 4.81. The van der Waals surface area contributed by atoms with Gasteiger partial charge in [0.05, 0.1) is 6.54 Å². The Morgan fingerprint density at radius 3 is 2.61 bits per heavy atom. The number of nitrogens with one attached hydrogen (secondary N) is 1. The molecule has 2 rings (SSSR count). The number of ether oxygens (including phenoxy) is 2. The van der Waals surface area contributed by atoms with Crippen molar-refractivity contribution < 1.29 is 24.2 Å². The summed E-state index contributed by atoms with van der Waals surface area (Å²) in [5, 5.41) is 13.3. The van der Waals surface area contributed by atoms with E-state index in [1.165, 1.54) is 7.11 Å². The molecule has 2 aromatic carbocycles. The zero-order valence-corrected chi connectivity index (χ0v) is 14.0. The standard InChI is InChI=1S/C16H16BrNO5/c1-22-14(16(20)21)8-18-15(19)9-23-13-5-3-10-6-12(17)4-2-11(10)7-13/h2-7,14H,8-9H2,1H3,(H,18,19)(H,20,21). The summed E-state index contributed by atoms with van der Waals surface area (Å²) in [7, 11) is 1.27. The number of carboxylic acids is 1.